The van der Waals surface area contributed by atoms with Gasteiger partial charge in [-0.25, -0.2) is 4.98 Å². The van der Waals surface area contributed by atoms with Gasteiger partial charge in [-0.05, 0) is 37.8 Å². The van der Waals surface area contributed by atoms with E-state index >= 15 is 0 Å². The SMILES string of the molecule is FC(F)(F)c1ccnc(N(CCCBr)C2CCC2)c1. The number of aromatic nitrogens is 1. The highest BCUT2D eigenvalue weighted by Gasteiger charge is 2.32. The lowest BCUT2D eigenvalue weighted by molar-refractivity contribution is -0.137. The van der Waals surface area contributed by atoms with Crippen LogP contribution in [0.3, 0.4) is 0 Å². The minimum Gasteiger partial charge on any atom is -0.354 e. The Morgan fingerprint density at radius 3 is 2.63 bits per heavy atom. The van der Waals surface area contributed by atoms with Crippen molar-refractivity contribution in [1.82, 2.24) is 4.98 Å². The summed E-state index contributed by atoms with van der Waals surface area (Å²) in [5, 5.41) is 0.842. The van der Waals surface area contributed by atoms with E-state index in [4.69, 9.17) is 0 Å². The molecule has 0 amide bonds. The second-order valence-electron chi connectivity index (χ2n) is 4.72. The molecule has 1 aromatic heterocycles. The van der Waals surface area contributed by atoms with Crippen LogP contribution in [-0.2, 0) is 6.18 Å². The summed E-state index contributed by atoms with van der Waals surface area (Å²) in [5.74, 6) is 0.445. The Labute approximate surface area is 119 Å². The van der Waals surface area contributed by atoms with Crippen LogP contribution in [0.25, 0.3) is 0 Å². The summed E-state index contributed by atoms with van der Waals surface area (Å²) in [7, 11) is 0. The molecule has 0 aromatic carbocycles. The van der Waals surface area contributed by atoms with E-state index in [1.54, 1.807) is 0 Å². The van der Waals surface area contributed by atoms with Gasteiger partial charge < -0.3 is 4.90 Å². The van der Waals surface area contributed by atoms with Crippen molar-refractivity contribution in [2.75, 3.05) is 16.8 Å². The van der Waals surface area contributed by atoms with Crippen LogP contribution in [0.4, 0.5) is 19.0 Å². The second-order valence-corrected chi connectivity index (χ2v) is 5.51. The number of rotatable bonds is 5. The van der Waals surface area contributed by atoms with Crippen molar-refractivity contribution in [3.05, 3.63) is 23.9 Å². The molecule has 2 rings (SSSR count). The molecule has 1 aliphatic rings. The minimum absolute atomic E-state index is 0.343. The molecule has 0 bridgehead atoms. The average Bonchev–Trinajstić information content (AvgIpc) is 2.31. The molecule has 19 heavy (non-hydrogen) atoms. The second kappa shape index (κ2) is 6.11. The molecular weight excluding hydrogens is 321 g/mol. The van der Waals surface area contributed by atoms with Crippen LogP contribution >= 0.6 is 15.9 Å². The molecule has 6 heteroatoms. The van der Waals surface area contributed by atoms with Gasteiger partial charge in [0.1, 0.15) is 5.82 Å². The Morgan fingerprint density at radius 1 is 1.37 bits per heavy atom. The normalized spacial score (nSPS) is 16.2. The lowest BCUT2D eigenvalue weighted by atomic mass is 9.91. The Bertz CT molecular complexity index is 419. The van der Waals surface area contributed by atoms with Crippen LogP contribution in [0.15, 0.2) is 18.3 Å². The van der Waals surface area contributed by atoms with E-state index in [0.29, 0.717) is 11.9 Å². The molecule has 106 valence electrons. The van der Waals surface area contributed by atoms with E-state index in [2.05, 4.69) is 20.9 Å². The Balaban J connectivity index is 2.20. The van der Waals surface area contributed by atoms with Gasteiger partial charge in [-0.2, -0.15) is 13.2 Å². The number of pyridine rings is 1. The van der Waals surface area contributed by atoms with Crippen molar-refractivity contribution in [2.24, 2.45) is 0 Å². The molecule has 0 aliphatic heterocycles. The monoisotopic (exact) mass is 336 g/mol. The number of hydrogen-bond acceptors (Lipinski definition) is 2. The summed E-state index contributed by atoms with van der Waals surface area (Å²) in [4.78, 5) is 6.13. The molecule has 1 heterocycles. The Kier molecular flexibility index (Phi) is 4.71. The zero-order valence-electron chi connectivity index (χ0n) is 10.5. The molecule has 0 unspecified atom stereocenters. The van der Waals surface area contributed by atoms with Gasteiger partial charge in [0.2, 0.25) is 0 Å². The molecule has 1 saturated carbocycles. The number of halogens is 4. The molecule has 0 saturated heterocycles. The van der Waals surface area contributed by atoms with Crippen LogP contribution in [0, 0.1) is 0 Å². The third-order valence-corrected chi connectivity index (χ3v) is 3.98. The van der Waals surface area contributed by atoms with Crippen LogP contribution in [-0.4, -0.2) is 22.9 Å². The van der Waals surface area contributed by atoms with E-state index in [1.165, 1.54) is 6.20 Å². The third-order valence-electron chi connectivity index (χ3n) is 3.42. The smallest absolute Gasteiger partial charge is 0.354 e. The van der Waals surface area contributed by atoms with Crippen molar-refractivity contribution in [2.45, 2.75) is 37.9 Å². The number of anilines is 1. The fourth-order valence-corrected chi connectivity index (χ4v) is 2.42. The van der Waals surface area contributed by atoms with Crippen LogP contribution in [0.2, 0.25) is 0 Å². The quantitative estimate of drug-likeness (QED) is 0.747. The highest BCUT2D eigenvalue weighted by atomic mass is 79.9. The number of alkyl halides is 4. The van der Waals surface area contributed by atoms with Gasteiger partial charge in [0.05, 0.1) is 5.56 Å². The van der Waals surface area contributed by atoms with E-state index in [0.717, 1.165) is 49.7 Å². The molecule has 1 aliphatic carbocycles. The highest BCUT2D eigenvalue weighted by Crippen LogP contribution is 2.33. The predicted octanol–water partition coefficient (Wildman–Crippen LogP) is 4.24. The van der Waals surface area contributed by atoms with Gasteiger partial charge in [0, 0.05) is 24.1 Å². The molecule has 0 atom stereocenters. The molecule has 1 aromatic rings. The number of nitrogens with zero attached hydrogens (tertiary/aromatic N) is 2. The summed E-state index contributed by atoms with van der Waals surface area (Å²) in [5.41, 5.74) is -0.624. The standard InChI is InChI=1S/C13H16BrF3N2/c14-6-2-8-19(11-3-1-4-11)12-9-10(5-7-18-12)13(15,16)17/h5,7,9,11H,1-4,6,8H2. The first-order valence-electron chi connectivity index (χ1n) is 6.38. The fourth-order valence-electron chi connectivity index (χ4n) is 2.16. The van der Waals surface area contributed by atoms with E-state index in [1.807, 2.05) is 4.90 Å². The fraction of sp³-hybridized carbons (Fsp3) is 0.615. The van der Waals surface area contributed by atoms with Gasteiger partial charge in [-0.15, -0.1) is 0 Å². The highest BCUT2D eigenvalue weighted by molar-refractivity contribution is 9.09. The van der Waals surface area contributed by atoms with E-state index in [-0.39, 0.29) is 0 Å². The summed E-state index contributed by atoms with van der Waals surface area (Å²) in [6, 6.07) is 2.52. The maximum absolute atomic E-state index is 12.7. The Hall–Kier alpha value is -0.780. The summed E-state index contributed by atoms with van der Waals surface area (Å²) >= 11 is 3.36. The average molecular weight is 337 g/mol. The Morgan fingerprint density at radius 2 is 2.11 bits per heavy atom. The van der Waals surface area contributed by atoms with Crippen LogP contribution < -0.4 is 4.90 Å². The van der Waals surface area contributed by atoms with E-state index < -0.39 is 11.7 Å². The lowest BCUT2D eigenvalue weighted by Crippen LogP contribution is -2.41. The van der Waals surface area contributed by atoms with Crippen molar-refractivity contribution in [1.29, 1.82) is 0 Å². The topological polar surface area (TPSA) is 16.1 Å². The lowest BCUT2D eigenvalue weighted by Gasteiger charge is -2.38. The predicted molar refractivity (Wildman–Crippen MR) is 72.6 cm³/mol. The van der Waals surface area contributed by atoms with Gasteiger partial charge in [-0.1, -0.05) is 15.9 Å². The van der Waals surface area contributed by atoms with Gasteiger partial charge in [-0.3, -0.25) is 0 Å². The maximum atomic E-state index is 12.7. The van der Waals surface area contributed by atoms with Gasteiger partial charge in [0.15, 0.2) is 0 Å². The molecule has 2 nitrogen and oxygen atoms in total. The summed E-state index contributed by atoms with van der Waals surface area (Å²) < 4.78 is 38.2. The molecular formula is C13H16BrF3N2. The van der Waals surface area contributed by atoms with E-state index in [9.17, 15) is 13.2 Å². The van der Waals surface area contributed by atoms with Gasteiger partial charge >= 0.3 is 6.18 Å². The maximum Gasteiger partial charge on any atom is 0.416 e. The molecule has 0 N–H and O–H groups in total. The van der Waals surface area contributed by atoms with Crippen molar-refractivity contribution < 1.29 is 13.2 Å². The van der Waals surface area contributed by atoms with Crippen molar-refractivity contribution in [3.8, 4) is 0 Å². The number of hydrogen-bond donors (Lipinski definition) is 0. The first-order valence-corrected chi connectivity index (χ1v) is 7.50. The summed E-state index contributed by atoms with van der Waals surface area (Å²) in [6.07, 6.45) is 1.07. The zero-order valence-corrected chi connectivity index (χ0v) is 12.0. The van der Waals surface area contributed by atoms with Crippen molar-refractivity contribution in [3.63, 3.8) is 0 Å². The molecule has 0 spiro atoms. The van der Waals surface area contributed by atoms with Gasteiger partial charge in [0.25, 0.3) is 0 Å². The molecule has 1 fully saturated rings. The van der Waals surface area contributed by atoms with Crippen LogP contribution in [0.1, 0.15) is 31.2 Å². The first-order chi connectivity index (χ1) is 9.02. The largest absolute Gasteiger partial charge is 0.416 e. The third kappa shape index (κ3) is 3.61. The molecule has 0 radical (unpaired) electrons. The summed E-state index contributed by atoms with van der Waals surface area (Å²) in [6.45, 7) is 0.740. The zero-order chi connectivity index (χ0) is 13.9. The van der Waals surface area contributed by atoms with Crippen molar-refractivity contribution >= 4 is 21.7 Å². The minimum atomic E-state index is -4.31. The van der Waals surface area contributed by atoms with Crippen LogP contribution in [0.5, 0.6) is 0 Å². The first kappa shape index (κ1) is 14.6.